The van der Waals surface area contributed by atoms with Gasteiger partial charge in [0.2, 0.25) is 0 Å². The summed E-state index contributed by atoms with van der Waals surface area (Å²) in [6, 6.07) is 58.7. The molecule has 0 radical (unpaired) electrons. The van der Waals surface area contributed by atoms with Crippen molar-refractivity contribution in [2.45, 2.75) is 58.8 Å². The second kappa shape index (κ2) is 13.6. The molecule has 0 saturated carbocycles. The van der Waals surface area contributed by atoms with Crippen LogP contribution in [-0.4, -0.2) is 0 Å². The van der Waals surface area contributed by atoms with Crippen LogP contribution in [0.15, 0.2) is 158 Å². The number of benzene rings is 7. The van der Waals surface area contributed by atoms with Crippen LogP contribution in [0, 0.1) is 0 Å². The molecular weight excluding hydrogens is 617 g/mol. The number of anilines is 6. The van der Waals surface area contributed by atoms with Crippen molar-refractivity contribution < 1.29 is 0 Å². The van der Waals surface area contributed by atoms with E-state index >= 15 is 0 Å². The molecule has 2 heteroatoms. The SMILES string of the molecule is CCc1cccc(N(c2cccc(CC)c2)c2ccc3c(c2)C(CC)(CC)c2cc(N(c4ccccc4)c4cccc5ccccc45)ccc2-3)c1. The first-order valence-corrected chi connectivity index (χ1v) is 18.7. The lowest BCUT2D eigenvalue weighted by Gasteiger charge is -2.33. The van der Waals surface area contributed by atoms with E-state index in [-0.39, 0.29) is 5.41 Å². The molecule has 7 aromatic carbocycles. The lowest BCUT2D eigenvalue weighted by atomic mass is 9.73. The van der Waals surface area contributed by atoms with Crippen molar-refractivity contribution in [3.63, 3.8) is 0 Å². The minimum absolute atomic E-state index is 0.111. The third kappa shape index (κ3) is 5.60. The van der Waals surface area contributed by atoms with Crippen LogP contribution in [0.1, 0.15) is 62.8 Å². The monoisotopic (exact) mass is 662 g/mol. The first-order chi connectivity index (χ1) is 25.1. The molecule has 0 amide bonds. The molecule has 252 valence electrons. The van der Waals surface area contributed by atoms with Crippen molar-refractivity contribution in [1.82, 2.24) is 0 Å². The molecule has 0 aliphatic heterocycles. The normalized spacial score (nSPS) is 12.8. The van der Waals surface area contributed by atoms with E-state index < -0.39 is 0 Å². The lowest BCUT2D eigenvalue weighted by Crippen LogP contribution is -2.24. The Kier molecular flexibility index (Phi) is 8.70. The Hall–Kier alpha value is -5.60. The summed E-state index contributed by atoms with van der Waals surface area (Å²) in [6.45, 7) is 9.21. The third-order valence-electron chi connectivity index (χ3n) is 11.2. The molecule has 0 N–H and O–H groups in total. The van der Waals surface area contributed by atoms with Gasteiger partial charge in [0.25, 0.3) is 0 Å². The fourth-order valence-electron chi connectivity index (χ4n) is 8.45. The van der Waals surface area contributed by atoms with Gasteiger partial charge in [0.1, 0.15) is 0 Å². The maximum absolute atomic E-state index is 2.50. The molecule has 0 spiro atoms. The highest BCUT2D eigenvalue weighted by Gasteiger charge is 2.41. The Morgan fingerprint density at radius 1 is 0.412 bits per heavy atom. The molecule has 2 nitrogen and oxygen atoms in total. The first-order valence-electron chi connectivity index (χ1n) is 18.7. The third-order valence-corrected chi connectivity index (χ3v) is 11.2. The number of rotatable bonds is 10. The standard InChI is InChI=1S/C49H46N2/c1-5-35-17-14-23-39(31-35)50(40-24-15-18-36(6-2)32-40)41-27-29-44-45-30-28-42(34-47(45)49(7-3,8-4)46(44)33-41)51(38-21-10-9-11-22-38)48-26-16-20-37-19-12-13-25-43(37)48/h9-34H,5-8H2,1-4H3. The van der Waals surface area contributed by atoms with Gasteiger partial charge in [0.05, 0.1) is 5.69 Å². The minimum atomic E-state index is -0.111. The summed E-state index contributed by atoms with van der Waals surface area (Å²) in [7, 11) is 0. The van der Waals surface area contributed by atoms with E-state index in [2.05, 4.69) is 195 Å². The molecule has 7 aromatic rings. The maximum Gasteiger partial charge on any atom is 0.0540 e. The Morgan fingerprint density at radius 2 is 0.902 bits per heavy atom. The Labute approximate surface area is 303 Å². The lowest BCUT2D eigenvalue weighted by molar-refractivity contribution is 0.490. The average molecular weight is 663 g/mol. The predicted molar refractivity (Wildman–Crippen MR) is 219 cm³/mol. The Balaban J connectivity index is 1.30. The molecule has 0 bridgehead atoms. The molecule has 0 unspecified atom stereocenters. The zero-order valence-electron chi connectivity index (χ0n) is 30.2. The van der Waals surface area contributed by atoms with E-state index in [1.54, 1.807) is 0 Å². The number of nitrogens with zero attached hydrogens (tertiary/aromatic N) is 2. The fourth-order valence-corrected chi connectivity index (χ4v) is 8.45. The van der Waals surface area contributed by atoms with Crippen LogP contribution in [0.5, 0.6) is 0 Å². The molecule has 1 aliphatic carbocycles. The summed E-state index contributed by atoms with van der Waals surface area (Å²) in [4.78, 5) is 4.90. The van der Waals surface area contributed by atoms with E-state index in [1.165, 1.54) is 72.6 Å². The Bertz CT molecular complexity index is 2280. The van der Waals surface area contributed by atoms with Gasteiger partial charge in [0, 0.05) is 39.2 Å². The molecule has 8 rings (SSSR count). The minimum Gasteiger partial charge on any atom is -0.310 e. The smallest absolute Gasteiger partial charge is 0.0540 e. The van der Waals surface area contributed by atoms with Crippen LogP contribution in [0.2, 0.25) is 0 Å². The topological polar surface area (TPSA) is 6.48 Å². The summed E-state index contributed by atoms with van der Waals surface area (Å²) >= 11 is 0. The highest BCUT2D eigenvalue weighted by molar-refractivity contribution is 5.99. The summed E-state index contributed by atoms with van der Waals surface area (Å²) in [6.07, 6.45) is 4.05. The summed E-state index contributed by atoms with van der Waals surface area (Å²) in [5.74, 6) is 0. The molecule has 0 fully saturated rings. The quantitative estimate of drug-likeness (QED) is 0.144. The van der Waals surface area contributed by atoms with Crippen molar-refractivity contribution in [1.29, 1.82) is 0 Å². The number of hydrogen-bond donors (Lipinski definition) is 0. The largest absolute Gasteiger partial charge is 0.310 e. The molecule has 1 aliphatic rings. The second-order valence-electron chi connectivity index (χ2n) is 13.8. The summed E-state index contributed by atoms with van der Waals surface area (Å²) in [5.41, 5.74) is 15.3. The van der Waals surface area contributed by atoms with E-state index in [4.69, 9.17) is 0 Å². The van der Waals surface area contributed by atoms with Gasteiger partial charge in [-0.15, -0.1) is 0 Å². The number of hydrogen-bond acceptors (Lipinski definition) is 2. The summed E-state index contributed by atoms with van der Waals surface area (Å²) < 4.78 is 0. The van der Waals surface area contributed by atoms with Gasteiger partial charge >= 0.3 is 0 Å². The van der Waals surface area contributed by atoms with E-state index in [1.807, 2.05) is 0 Å². The first kappa shape index (κ1) is 32.6. The Morgan fingerprint density at radius 3 is 1.49 bits per heavy atom. The number of fused-ring (bicyclic) bond motifs is 4. The molecule has 51 heavy (non-hydrogen) atoms. The van der Waals surface area contributed by atoms with Gasteiger partial charge in [0.15, 0.2) is 0 Å². The van der Waals surface area contributed by atoms with Crippen LogP contribution in [-0.2, 0) is 18.3 Å². The van der Waals surface area contributed by atoms with Crippen LogP contribution >= 0.6 is 0 Å². The molecular formula is C49H46N2. The van der Waals surface area contributed by atoms with Crippen LogP contribution < -0.4 is 9.80 Å². The van der Waals surface area contributed by atoms with Crippen molar-refractivity contribution >= 4 is 44.9 Å². The van der Waals surface area contributed by atoms with Crippen molar-refractivity contribution in [2.24, 2.45) is 0 Å². The fraction of sp³-hybridized carbons (Fsp3) is 0.184. The highest BCUT2D eigenvalue weighted by atomic mass is 15.1. The highest BCUT2D eigenvalue weighted by Crippen LogP contribution is 2.55. The van der Waals surface area contributed by atoms with Crippen LogP contribution in [0.4, 0.5) is 34.1 Å². The van der Waals surface area contributed by atoms with Crippen molar-refractivity contribution in [3.05, 3.63) is 180 Å². The predicted octanol–water partition coefficient (Wildman–Crippen LogP) is 14.0. The second-order valence-corrected chi connectivity index (χ2v) is 13.8. The molecule has 0 heterocycles. The number of aryl methyl sites for hydroxylation is 2. The molecule has 0 saturated heterocycles. The van der Waals surface area contributed by atoms with Gasteiger partial charge in [-0.3, -0.25) is 0 Å². The zero-order valence-corrected chi connectivity index (χ0v) is 30.2. The maximum atomic E-state index is 2.50. The van der Waals surface area contributed by atoms with E-state index in [0.717, 1.165) is 31.4 Å². The zero-order chi connectivity index (χ0) is 35.0. The average Bonchev–Trinajstić information content (AvgIpc) is 3.47. The van der Waals surface area contributed by atoms with E-state index in [0.29, 0.717) is 0 Å². The van der Waals surface area contributed by atoms with Gasteiger partial charge in [-0.2, -0.15) is 0 Å². The van der Waals surface area contributed by atoms with Gasteiger partial charge in [-0.05, 0) is 131 Å². The molecule has 0 aromatic heterocycles. The van der Waals surface area contributed by atoms with Crippen molar-refractivity contribution in [3.8, 4) is 11.1 Å². The van der Waals surface area contributed by atoms with Crippen LogP contribution in [0.3, 0.4) is 0 Å². The van der Waals surface area contributed by atoms with Crippen molar-refractivity contribution in [2.75, 3.05) is 9.80 Å². The number of para-hydroxylation sites is 1. The van der Waals surface area contributed by atoms with Crippen LogP contribution in [0.25, 0.3) is 21.9 Å². The van der Waals surface area contributed by atoms with Gasteiger partial charge in [-0.25, -0.2) is 0 Å². The van der Waals surface area contributed by atoms with E-state index in [9.17, 15) is 0 Å². The summed E-state index contributed by atoms with van der Waals surface area (Å²) in [5, 5.41) is 2.49. The van der Waals surface area contributed by atoms with Gasteiger partial charge < -0.3 is 9.80 Å². The van der Waals surface area contributed by atoms with Gasteiger partial charge in [-0.1, -0.05) is 119 Å². The molecule has 0 atom stereocenters.